The Kier molecular flexibility index (Phi) is 6.30. The molecular formula is C13H19O4P. The predicted molar refractivity (Wildman–Crippen MR) is 72.2 cm³/mol. The molecule has 0 fully saturated rings. The lowest BCUT2D eigenvalue weighted by Crippen LogP contribution is -2.00. The van der Waals surface area contributed by atoms with Crippen LogP contribution in [0, 0.1) is 0 Å². The summed E-state index contributed by atoms with van der Waals surface area (Å²) < 4.78 is 27.3. The van der Waals surface area contributed by atoms with Crippen molar-refractivity contribution in [2.45, 2.75) is 20.5 Å². The van der Waals surface area contributed by atoms with Gasteiger partial charge in [-0.1, -0.05) is 36.9 Å². The molecular weight excluding hydrogens is 251 g/mol. The third kappa shape index (κ3) is 4.75. The summed E-state index contributed by atoms with van der Waals surface area (Å²) in [7, 11) is -3.42. The molecule has 0 N–H and O–H groups in total. The van der Waals surface area contributed by atoms with Gasteiger partial charge in [0, 0.05) is 0 Å². The van der Waals surface area contributed by atoms with Gasteiger partial charge < -0.3 is 0 Å². The van der Waals surface area contributed by atoms with Crippen molar-refractivity contribution in [1.29, 1.82) is 0 Å². The highest BCUT2D eigenvalue weighted by Crippen LogP contribution is 2.49. The smallest absolute Gasteiger partial charge is 0.287 e. The third-order valence-electron chi connectivity index (χ3n) is 2.18. The van der Waals surface area contributed by atoms with E-state index < -0.39 is 7.82 Å². The van der Waals surface area contributed by atoms with Crippen LogP contribution in [0.2, 0.25) is 0 Å². The second-order valence-corrected chi connectivity index (χ2v) is 5.17. The Hall–Kier alpha value is -0.930. The van der Waals surface area contributed by atoms with Crippen molar-refractivity contribution in [1.82, 2.24) is 0 Å². The van der Waals surface area contributed by atoms with Gasteiger partial charge in [-0.15, -0.1) is 0 Å². The number of hydrogen-bond donors (Lipinski definition) is 0. The Morgan fingerprint density at radius 2 is 1.67 bits per heavy atom. The van der Waals surface area contributed by atoms with Crippen LogP contribution in [0.25, 0.3) is 6.08 Å². The van der Waals surface area contributed by atoms with Gasteiger partial charge in [0.25, 0.3) is 0 Å². The summed E-state index contributed by atoms with van der Waals surface area (Å²) in [4.78, 5) is 0. The zero-order chi connectivity index (χ0) is 13.4. The van der Waals surface area contributed by atoms with Gasteiger partial charge in [0.1, 0.15) is 0 Å². The minimum absolute atomic E-state index is 0.189. The second-order valence-electron chi connectivity index (χ2n) is 3.50. The number of phosphoric ester groups is 1. The highest BCUT2D eigenvalue weighted by atomic mass is 31.2. The average Bonchev–Trinajstić information content (AvgIpc) is 2.38. The molecule has 0 spiro atoms. The van der Waals surface area contributed by atoms with Gasteiger partial charge in [-0.05, 0) is 25.0 Å². The van der Waals surface area contributed by atoms with E-state index in [-0.39, 0.29) is 19.8 Å². The van der Waals surface area contributed by atoms with Crippen LogP contribution in [0.15, 0.2) is 30.8 Å². The first-order valence-electron chi connectivity index (χ1n) is 5.88. The highest BCUT2D eigenvalue weighted by molar-refractivity contribution is 7.48. The van der Waals surface area contributed by atoms with Crippen LogP contribution in [-0.4, -0.2) is 13.2 Å². The first-order chi connectivity index (χ1) is 8.63. The molecule has 0 bridgehead atoms. The molecule has 0 atom stereocenters. The molecule has 0 heterocycles. The second kappa shape index (κ2) is 7.49. The molecule has 0 unspecified atom stereocenters. The van der Waals surface area contributed by atoms with Gasteiger partial charge in [0.2, 0.25) is 0 Å². The highest BCUT2D eigenvalue weighted by Gasteiger charge is 2.25. The van der Waals surface area contributed by atoms with E-state index in [9.17, 15) is 4.57 Å². The van der Waals surface area contributed by atoms with Crippen LogP contribution in [0.3, 0.4) is 0 Å². The fraction of sp³-hybridized carbons (Fsp3) is 0.385. The van der Waals surface area contributed by atoms with Crippen molar-refractivity contribution in [2.75, 3.05) is 13.2 Å². The SMILES string of the molecule is C=Cc1ccc(COP(=O)(OCC)OCC)cc1. The van der Waals surface area contributed by atoms with E-state index in [1.165, 1.54) is 0 Å². The monoisotopic (exact) mass is 270 g/mol. The maximum Gasteiger partial charge on any atom is 0.475 e. The molecule has 0 aromatic heterocycles. The Labute approximate surface area is 108 Å². The lowest BCUT2D eigenvalue weighted by atomic mass is 10.1. The third-order valence-corrected chi connectivity index (χ3v) is 3.77. The molecule has 0 saturated carbocycles. The van der Waals surface area contributed by atoms with Gasteiger partial charge in [-0.25, -0.2) is 4.57 Å². The minimum Gasteiger partial charge on any atom is -0.287 e. The van der Waals surface area contributed by atoms with Crippen molar-refractivity contribution < 1.29 is 18.1 Å². The first-order valence-corrected chi connectivity index (χ1v) is 7.34. The maximum absolute atomic E-state index is 12.0. The summed E-state index contributed by atoms with van der Waals surface area (Å²) in [5, 5.41) is 0. The van der Waals surface area contributed by atoms with E-state index in [1.54, 1.807) is 19.9 Å². The number of rotatable bonds is 8. The van der Waals surface area contributed by atoms with Crippen molar-refractivity contribution in [3.05, 3.63) is 42.0 Å². The van der Waals surface area contributed by atoms with Crippen LogP contribution < -0.4 is 0 Å². The molecule has 18 heavy (non-hydrogen) atoms. The summed E-state index contributed by atoms with van der Waals surface area (Å²) in [6, 6.07) is 7.61. The van der Waals surface area contributed by atoms with Crippen LogP contribution in [0.1, 0.15) is 25.0 Å². The van der Waals surface area contributed by atoms with E-state index in [4.69, 9.17) is 13.6 Å². The zero-order valence-electron chi connectivity index (χ0n) is 10.8. The van der Waals surface area contributed by atoms with E-state index in [0.29, 0.717) is 0 Å². The Morgan fingerprint density at radius 3 is 2.11 bits per heavy atom. The summed E-state index contributed by atoms with van der Waals surface area (Å²) in [6.07, 6.45) is 1.76. The van der Waals surface area contributed by atoms with Crippen molar-refractivity contribution in [2.24, 2.45) is 0 Å². The standard InChI is InChI=1S/C13H19O4P/c1-4-12-7-9-13(10-8-12)11-17-18(14,15-5-2)16-6-3/h4,7-10H,1,5-6,11H2,2-3H3. The number of phosphoric acid groups is 1. The quantitative estimate of drug-likeness (QED) is 0.669. The molecule has 0 amide bonds. The summed E-state index contributed by atoms with van der Waals surface area (Å²) in [6.45, 7) is 7.92. The lowest BCUT2D eigenvalue weighted by molar-refractivity contribution is 0.116. The van der Waals surface area contributed by atoms with E-state index >= 15 is 0 Å². The van der Waals surface area contributed by atoms with Crippen LogP contribution in [0.4, 0.5) is 0 Å². The minimum atomic E-state index is -3.42. The van der Waals surface area contributed by atoms with Gasteiger partial charge >= 0.3 is 7.82 Å². The van der Waals surface area contributed by atoms with Crippen LogP contribution >= 0.6 is 7.82 Å². The largest absolute Gasteiger partial charge is 0.475 e. The number of benzene rings is 1. The van der Waals surface area contributed by atoms with Crippen molar-refractivity contribution >= 4 is 13.9 Å². The fourth-order valence-electron chi connectivity index (χ4n) is 1.33. The van der Waals surface area contributed by atoms with Gasteiger partial charge in [0.15, 0.2) is 0 Å². The predicted octanol–water partition coefficient (Wildman–Crippen LogP) is 4.03. The molecule has 1 aromatic rings. The van der Waals surface area contributed by atoms with Gasteiger partial charge in [-0.2, -0.15) is 0 Å². The van der Waals surface area contributed by atoms with E-state index in [2.05, 4.69) is 6.58 Å². The molecule has 0 aliphatic heterocycles. The summed E-state index contributed by atoms with van der Waals surface area (Å²) >= 11 is 0. The van der Waals surface area contributed by atoms with Crippen molar-refractivity contribution in [3.63, 3.8) is 0 Å². The molecule has 1 rings (SSSR count). The Balaban J connectivity index is 2.60. The molecule has 100 valence electrons. The van der Waals surface area contributed by atoms with Gasteiger partial charge in [-0.3, -0.25) is 13.6 Å². The first kappa shape index (κ1) is 15.1. The molecule has 0 aliphatic carbocycles. The Morgan fingerprint density at radius 1 is 1.11 bits per heavy atom. The number of hydrogen-bond acceptors (Lipinski definition) is 4. The maximum atomic E-state index is 12.0. The summed E-state index contributed by atoms with van der Waals surface area (Å²) in [5.74, 6) is 0. The topological polar surface area (TPSA) is 44.8 Å². The zero-order valence-corrected chi connectivity index (χ0v) is 11.7. The Bertz CT molecular complexity index is 404. The fourth-order valence-corrected chi connectivity index (χ4v) is 2.49. The molecule has 1 aromatic carbocycles. The molecule has 0 saturated heterocycles. The van der Waals surface area contributed by atoms with E-state index in [1.807, 2.05) is 24.3 Å². The molecule has 5 heteroatoms. The lowest BCUT2D eigenvalue weighted by Gasteiger charge is -2.16. The van der Waals surface area contributed by atoms with E-state index in [0.717, 1.165) is 11.1 Å². The molecule has 0 radical (unpaired) electrons. The van der Waals surface area contributed by atoms with Crippen molar-refractivity contribution in [3.8, 4) is 0 Å². The molecule has 0 aliphatic rings. The molecule has 4 nitrogen and oxygen atoms in total. The van der Waals surface area contributed by atoms with Crippen LogP contribution in [0.5, 0.6) is 0 Å². The van der Waals surface area contributed by atoms with Crippen LogP contribution in [-0.2, 0) is 24.7 Å². The normalized spacial score (nSPS) is 11.4. The van der Waals surface area contributed by atoms with Gasteiger partial charge in [0.05, 0.1) is 19.8 Å². The summed E-state index contributed by atoms with van der Waals surface area (Å²) in [5.41, 5.74) is 1.93. The average molecular weight is 270 g/mol.